The number of hydroxylamine groups is 2. The number of carbonyl (C=O) groups excluding carboxylic acids is 2. The van der Waals surface area contributed by atoms with E-state index in [1.54, 1.807) is 58.0 Å². The van der Waals surface area contributed by atoms with Crippen LogP contribution >= 0.6 is 0 Å². The van der Waals surface area contributed by atoms with Crippen LogP contribution in [0.4, 0.5) is 4.79 Å². The maximum absolute atomic E-state index is 14.0. The van der Waals surface area contributed by atoms with Crippen LogP contribution in [0.15, 0.2) is 36.0 Å². The molecule has 14 nitrogen and oxygen atoms in total. The molecule has 0 bridgehead atoms. The number of hydrogen-bond donors (Lipinski definition) is 5. The summed E-state index contributed by atoms with van der Waals surface area (Å²) in [6.45, 7) is 6.25. The van der Waals surface area contributed by atoms with Gasteiger partial charge >= 0.3 is 6.03 Å². The Bertz CT molecular complexity index is 1500. The van der Waals surface area contributed by atoms with E-state index in [4.69, 9.17) is 23.7 Å². The average molecular weight is 628 g/mol. The van der Waals surface area contributed by atoms with Crippen molar-refractivity contribution in [2.24, 2.45) is 11.8 Å². The number of carbonyl (C=O) groups is 2. The molecule has 5 N–H and O–H groups in total. The van der Waals surface area contributed by atoms with Crippen LogP contribution in [0.3, 0.4) is 0 Å². The molecule has 14 heteroatoms. The van der Waals surface area contributed by atoms with Crippen LogP contribution in [0.1, 0.15) is 56.4 Å². The van der Waals surface area contributed by atoms with E-state index in [-0.39, 0.29) is 6.79 Å². The van der Waals surface area contributed by atoms with Gasteiger partial charge in [0.25, 0.3) is 0 Å². The lowest BCUT2D eigenvalue weighted by Gasteiger charge is -2.41. The van der Waals surface area contributed by atoms with Gasteiger partial charge in [0.05, 0.1) is 44.4 Å². The minimum absolute atomic E-state index is 0.00985. The molecule has 3 aliphatic rings. The number of benzene rings is 2. The molecule has 4 atom stereocenters. The van der Waals surface area contributed by atoms with Gasteiger partial charge in [0, 0.05) is 24.1 Å². The fourth-order valence-corrected chi connectivity index (χ4v) is 6.56. The first-order valence-electron chi connectivity index (χ1n) is 14.4. The molecule has 45 heavy (non-hydrogen) atoms. The summed E-state index contributed by atoms with van der Waals surface area (Å²) in [4.78, 5) is 27.0. The van der Waals surface area contributed by atoms with E-state index in [2.05, 4.69) is 16.2 Å². The molecule has 2 heterocycles. The Morgan fingerprint density at radius 2 is 1.56 bits per heavy atom. The molecule has 2 aromatic carbocycles. The maximum atomic E-state index is 14.0. The quantitative estimate of drug-likeness (QED) is 0.286. The zero-order valence-corrected chi connectivity index (χ0v) is 26.2. The Morgan fingerprint density at radius 3 is 2.07 bits per heavy atom. The highest BCUT2D eigenvalue weighted by Gasteiger charge is 2.49. The van der Waals surface area contributed by atoms with Crippen molar-refractivity contribution in [3.63, 3.8) is 0 Å². The fraction of sp³-hybridized carbons (Fsp3) is 0.484. The molecule has 0 fully saturated rings. The number of nitrogens with one attached hydrogen (secondary N) is 3. The fourth-order valence-electron chi connectivity index (χ4n) is 6.56. The van der Waals surface area contributed by atoms with E-state index in [1.807, 2.05) is 0 Å². The van der Waals surface area contributed by atoms with Gasteiger partial charge in [0.15, 0.2) is 23.0 Å². The lowest BCUT2D eigenvalue weighted by atomic mass is 9.65. The molecule has 0 aromatic heterocycles. The number of amides is 3. The van der Waals surface area contributed by atoms with E-state index in [0.29, 0.717) is 51.1 Å². The summed E-state index contributed by atoms with van der Waals surface area (Å²) in [7, 11) is 4.41. The van der Waals surface area contributed by atoms with Gasteiger partial charge in [0.1, 0.15) is 0 Å². The minimum Gasteiger partial charge on any atom is -0.493 e. The second-order valence-corrected chi connectivity index (χ2v) is 12.2. The van der Waals surface area contributed by atoms with Crippen LogP contribution in [0.2, 0.25) is 0 Å². The summed E-state index contributed by atoms with van der Waals surface area (Å²) in [5, 5.41) is 38.3. The maximum Gasteiger partial charge on any atom is 0.337 e. The monoisotopic (exact) mass is 627 g/mol. The molecule has 2 aliphatic heterocycles. The minimum atomic E-state index is -1.27. The molecule has 1 aliphatic carbocycles. The lowest BCUT2D eigenvalue weighted by Crippen LogP contribution is -2.54. The summed E-state index contributed by atoms with van der Waals surface area (Å²) in [5.41, 5.74) is 4.86. The van der Waals surface area contributed by atoms with Crippen LogP contribution in [0, 0.1) is 11.8 Å². The highest BCUT2D eigenvalue weighted by Crippen LogP contribution is 2.53. The van der Waals surface area contributed by atoms with E-state index in [1.165, 1.54) is 21.3 Å². The van der Waals surface area contributed by atoms with Gasteiger partial charge < -0.3 is 39.2 Å². The summed E-state index contributed by atoms with van der Waals surface area (Å²) in [6, 6.07) is 5.95. The van der Waals surface area contributed by atoms with Crippen LogP contribution < -0.4 is 39.9 Å². The van der Waals surface area contributed by atoms with Crippen molar-refractivity contribution in [1.29, 1.82) is 0 Å². The molecule has 243 valence electrons. The Balaban J connectivity index is 1.52. The molecule has 2 aromatic rings. The van der Waals surface area contributed by atoms with Crippen molar-refractivity contribution in [1.82, 2.24) is 21.2 Å². The van der Waals surface area contributed by atoms with Crippen LogP contribution in [-0.2, 0) is 10.0 Å². The highest BCUT2D eigenvalue weighted by atomic mass is 16.7. The predicted molar refractivity (Wildman–Crippen MR) is 158 cm³/mol. The average Bonchev–Trinajstić information content (AvgIpc) is 3.53. The van der Waals surface area contributed by atoms with Crippen molar-refractivity contribution in [3.8, 4) is 28.7 Å². The number of urea groups is 1. The largest absolute Gasteiger partial charge is 0.493 e. The molecule has 5 rings (SSSR count). The van der Waals surface area contributed by atoms with Crippen molar-refractivity contribution in [3.05, 3.63) is 52.7 Å². The van der Waals surface area contributed by atoms with Gasteiger partial charge in [-0.1, -0.05) is 0 Å². The van der Waals surface area contributed by atoms with Crippen LogP contribution in [0.25, 0.3) is 0 Å². The van der Waals surface area contributed by atoms with E-state index in [9.17, 15) is 25.0 Å². The number of nitrogens with zero attached hydrogens (tertiary/aromatic N) is 1. The first-order valence-corrected chi connectivity index (χ1v) is 14.4. The molecule has 3 amide bonds. The van der Waals surface area contributed by atoms with Gasteiger partial charge in [-0.05, 0) is 74.7 Å². The zero-order valence-electron chi connectivity index (χ0n) is 26.2. The second-order valence-electron chi connectivity index (χ2n) is 12.2. The Labute approximate surface area is 260 Å². The Morgan fingerprint density at radius 1 is 0.956 bits per heavy atom. The number of ether oxygens (including phenoxy) is 5. The smallest absolute Gasteiger partial charge is 0.337 e. The Kier molecular flexibility index (Phi) is 8.53. The summed E-state index contributed by atoms with van der Waals surface area (Å²) in [6.07, 6.45) is 0.388. The van der Waals surface area contributed by atoms with Gasteiger partial charge in [-0.15, -0.1) is 10.3 Å². The van der Waals surface area contributed by atoms with Gasteiger partial charge in [-0.3, -0.25) is 10.2 Å². The third-order valence-corrected chi connectivity index (χ3v) is 8.75. The van der Waals surface area contributed by atoms with Crippen LogP contribution in [-0.4, -0.2) is 73.0 Å². The first kappa shape index (κ1) is 32.2. The molecular formula is C31H39N4O10. The van der Waals surface area contributed by atoms with E-state index in [0.717, 1.165) is 5.06 Å². The van der Waals surface area contributed by atoms with E-state index < -0.39 is 53.5 Å². The van der Waals surface area contributed by atoms with Crippen molar-refractivity contribution >= 4 is 11.9 Å². The third-order valence-electron chi connectivity index (χ3n) is 8.75. The lowest BCUT2D eigenvalue weighted by molar-refractivity contribution is -0.239. The highest BCUT2D eigenvalue weighted by molar-refractivity contribution is 5.85. The number of aliphatic hydroxyl groups is 2. The second kappa shape index (κ2) is 11.9. The molecule has 0 unspecified atom stereocenters. The standard InChI is InChI=1S/C31H39N4O10/c1-30(2)12-23(31(3,4)35(30)40)32-29(39)34-33-28(38)25-18(13-36)26(37)17-11-20-19(44-14-45-20)10-16(17)24(25)15-8-21(41-5)27(43-7)22(9-15)42-6/h8-12,18,24-26,36-37H,13-14H2,1-7H3,(H,33,38)(H2,32,34,39)/t18-,24+,25-,26-/m0/s1. The SMILES string of the molecule is COc1cc([C@@H]2c3cc4c(cc3[C@H](O)[C@@H](CO)[C@@H]2C(=O)NNC(=O)NC2=CC(C)(C)N([O])C2(C)C)OCO4)cc(OC)c1OC. The zero-order chi connectivity index (χ0) is 32.8. The van der Waals surface area contributed by atoms with Crippen molar-refractivity contribution in [2.75, 3.05) is 34.7 Å². The summed E-state index contributed by atoms with van der Waals surface area (Å²) >= 11 is 0. The molecule has 0 spiro atoms. The van der Waals surface area contributed by atoms with Gasteiger partial charge in [-0.2, -0.15) is 0 Å². The predicted octanol–water partition coefficient (Wildman–Crippen LogP) is 2.28. The molecular weight excluding hydrogens is 588 g/mol. The number of hydrazine groups is 1. The van der Waals surface area contributed by atoms with E-state index >= 15 is 0 Å². The molecule has 0 saturated carbocycles. The van der Waals surface area contributed by atoms with Crippen molar-refractivity contribution in [2.45, 2.75) is 50.8 Å². The number of rotatable bonds is 7. The molecule has 0 saturated heterocycles. The third kappa shape index (κ3) is 5.47. The first-order chi connectivity index (χ1) is 21.3. The Hall–Kier alpha value is -4.24. The van der Waals surface area contributed by atoms with Crippen molar-refractivity contribution < 1.29 is 48.7 Å². The number of aliphatic hydroxyl groups excluding tert-OH is 2. The topological polar surface area (TPSA) is 180 Å². The van der Waals surface area contributed by atoms with Gasteiger partial charge in [-0.25, -0.2) is 10.2 Å². The normalized spacial score (nSPS) is 24.3. The summed E-state index contributed by atoms with van der Waals surface area (Å²) < 4.78 is 27.8. The number of methoxy groups -OCH3 is 3. The van der Waals surface area contributed by atoms with Crippen LogP contribution in [0.5, 0.6) is 28.7 Å². The number of fused-ring (bicyclic) bond motifs is 2. The molecule has 1 radical (unpaired) electrons. The number of hydrogen-bond acceptors (Lipinski definition) is 10. The summed E-state index contributed by atoms with van der Waals surface area (Å²) in [5.74, 6) is -1.72. The van der Waals surface area contributed by atoms with Gasteiger partial charge in [0.2, 0.25) is 18.4 Å².